The van der Waals surface area contributed by atoms with Crippen LogP contribution in [0.5, 0.6) is 0 Å². The molecule has 1 amide bonds. The molecule has 0 radical (unpaired) electrons. The summed E-state index contributed by atoms with van der Waals surface area (Å²) in [5.41, 5.74) is -0.449. The smallest absolute Gasteiger partial charge is 0.416 e. The van der Waals surface area contributed by atoms with Gasteiger partial charge in [0.2, 0.25) is 5.91 Å². The van der Waals surface area contributed by atoms with Gasteiger partial charge in [0.1, 0.15) is 5.76 Å². The molecule has 1 aromatic heterocycles. The van der Waals surface area contributed by atoms with Gasteiger partial charge in [0.25, 0.3) is 0 Å². The summed E-state index contributed by atoms with van der Waals surface area (Å²) in [5, 5.41) is 2.66. The fourth-order valence-electron chi connectivity index (χ4n) is 1.86. The van der Waals surface area contributed by atoms with E-state index in [0.717, 1.165) is 12.1 Å². The van der Waals surface area contributed by atoms with E-state index in [1.54, 1.807) is 19.1 Å². The minimum Gasteiger partial charge on any atom is -0.467 e. The number of carbonyl (C=O) groups excluding carboxylic acids is 1. The highest BCUT2D eigenvalue weighted by Gasteiger charge is 2.30. The first-order valence-corrected chi connectivity index (χ1v) is 6.55. The van der Waals surface area contributed by atoms with Gasteiger partial charge in [-0.05, 0) is 42.8 Å². The molecule has 2 rings (SSSR count). The molecule has 0 aliphatic rings. The van der Waals surface area contributed by atoms with Gasteiger partial charge < -0.3 is 9.73 Å². The molecule has 0 spiro atoms. The van der Waals surface area contributed by atoms with Crippen LogP contribution >= 0.6 is 0 Å². The minimum absolute atomic E-state index is 0.302. The Hall–Kier alpha value is -2.50. The summed E-state index contributed by atoms with van der Waals surface area (Å²) in [6.45, 7) is 1.74. The van der Waals surface area contributed by atoms with Gasteiger partial charge in [-0.3, -0.25) is 4.79 Å². The third kappa shape index (κ3) is 4.25. The van der Waals surface area contributed by atoms with E-state index in [-0.39, 0.29) is 6.04 Å². The van der Waals surface area contributed by atoms with Gasteiger partial charge in [-0.25, -0.2) is 0 Å². The predicted octanol–water partition coefficient (Wildman–Crippen LogP) is 4.19. The average Bonchev–Trinajstić information content (AvgIpc) is 2.99. The van der Waals surface area contributed by atoms with Crippen LogP contribution in [-0.4, -0.2) is 5.91 Å². The Morgan fingerprint density at radius 3 is 2.68 bits per heavy atom. The van der Waals surface area contributed by atoms with E-state index in [1.807, 2.05) is 0 Å². The number of hydrogen-bond acceptors (Lipinski definition) is 2. The van der Waals surface area contributed by atoms with Crippen molar-refractivity contribution in [3.05, 3.63) is 65.6 Å². The SMILES string of the molecule is C[C@H](NC(=O)/C=C/c1cccc(C(F)(F)F)c1)c1ccco1. The maximum Gasteiger partial charge on any atom is 0.416 e. The number of halogens is 3. The first-order chi connectivity index (χ1) is 10.4. The molecule has 0 unspecified atom stereocenters. The Kier molecular flexibility index (Phi) is 4.70. The number of benzene rings is 1. The number of amides is 1. The monoisotopic (exact) mass is 309 g/mol. The highest BCUT2D eigenvalue weighted by Crippen LogP contribution is 2.29. The van der Waals surface area contributed by atoms with Gasteiger partial charge in [-0.2, -0.15) is 13.2 Å². The van der Waals surface area contributed by atoms with Gasteiger partial charge in [0, 0.05) is 6.08 Å². The Morgan fingerprint density at radius 1 is 1.27 bits per heavy atom. The van der Waals surface area contributed by atoms with Gasteiger partial charge >= 0.3 is 6.18 Å². The van der Waals surface area contributed by atoms with Crippen molar-refractivity contribution in [2.24, 2.45) is 0 Å². The number of furan rings is 1. The van der Waals surface area contributed by atoms with Crippen molar-refractivity contribution >= 4 is 12.0 Å². The molecule has 0 saturated carbocycles. The van der Waals surface area contributed by atoms with Crippen LogP contribution in [0.1, 0.15) is 29.9 Å². The summed E-state index contributed by atoms with van der Waals surface area (Å²) in [5.74, 6) is 0.183. The molecule has 1 atom stereocenters. The molecule has 22 heavy (non-hydrogen) atoms. The second-order valence-electron chi connectivity index (χ2n) is 4.70. The summed E-state index contributed by atoms with van der Waals surface area (Å²) < 4.78 is 42.9. The van der Waals surface area contributed by atoms with E-state index < -0.39 is 17.6 Å². The van der Waals surface area contributed by atoms with Crippen molar-refractivity contribution in [2.45, 2.75) is 19.1 Å². The summed E-state index contributed by atoms with van der Waals surface area (Å²) in [6, 6.07) is 7.86. The van der Waals surface area contributed by atoms with Crippen LogP contribution in [0.4, 0.5) is 13.2 Å². The maximum atomic E-state index is 12.6. The fourth-order valence-corrected chi connectivity index (χ4v) is 1.86. The molecular weight excluding hydrogens is 295 g/mol. The summed E-state index contributed by atoms with van der Waals surface area (Å²) >= 11 is 0. The van der Waals surface area contributed by atoms with Crippen LogP contribution in [-0.2, 0) is 11.0 Å². The molecular formula is C16H14F3NO2. The van der Waals surface area contributed by atoms with Crippen LogP contribution in [0.25, 0.3) is 6.08 Å². The van der Waals surface area contributed by atoms with Gasteiger partial charge in [0.05, 0.1) is 17.9 Å². The van der Waals surface area contributed by atoms with E-state index in [4.69, 9.17) is 4.42 Å². The lowest BCUT2D eigenvalue weighted by Crippen LogP contribution is -2.24. The molecule has 3 nitrogen and oxygen atoms in total. The molecule has 0 saturated heterocycles. The predicted molar refractivity (Wildman–Crippen MR) is 75.7 cm³/mol. The van der Waals surface area contributed by atoms with E-state index >= 15 is 0 Å². The first-order valence-electron chi connectivity index (χ1n) is 6.55. The second-order valence-corrected chi connectivity index (χ2v) is 4.70. The molecule has 1 heterocycles. The molecule has 1 aromatic carbocycles. The Balaban J connectivity index is 2.01. The zero-order valence-corrected chi connectivity index (χ0v) is 11.7. The Labute approximate surface area is 125 Å². The topological polar surface area (TPSA) is 42.2 Å². The lowest BCUT2D eigenvalue weighted by atomic mass is 10.1. The van der Waals surface area contributed by atoms with Crippen molar-refractivity contribution in [1.82, 2.24) is 5.32 Å². The van der Waals surface area contributed by atoms with Crippen molar-refractivity contribution < 1.29 is 22.4 Å². The highest BCUT2D eigenvalue weighted by molar-refractivity contribution is 5.91. The van der Waals surface area contributed by atoms with E-state index in [9.17, 15) is 18.0 Å². The second kappa shape index (κ2) is 6.51. The van der Waals surface area contributed by atoms with Crippen molar-refractivity contribution in [3.63, 3.8) is 0 Å². The normalized spacial score (nSPS) is 13.3. The average molecular weight is 309 g/mol. The molecule has 0 aliphatic carbocycles. The van der Waals surface area contributed by atoms with E-state index in [0.29, 0.717) is 11.3 Å². The lowest BCUT2D eigenvalue weighted by Gasteiger charge is -2.09. The zero-order valence-electron chi connectivity index (χ0n) is 11.7. The third-order valence-corrected chi connectivity index (χ3v) is 2.97. The third-order valence-electron chi connectivity index (χ3n) is 2.97. The van der Waals surface area contributed by atoms with Crippen LogP contribution < -0.4 is 5.32 Å². The van der Waals surface area contributed by atoms with Crippen LogP contribution in [0.15, 0.2) is 53.2 Å². The molecule has 2 aromatic rings. The van der Waals surface area contributed by atoms with Crippen molar-refractivity contribution in [2.75, 3.05) is 0 Å². The fraction of sp³-hybridized carbons (Fsp3) is 0.188. The Bertz CT molecular complexity index is 660. The largest absolute Gasteiger partial charge is 0.467 e. The number of alkyl halides is 3. The van der Waals surface area contributed by atoms with Crippen LogP contribution in [0.2, 0.25) is 0 Å². The quantitative estimate of drug-likeness (QED) is 0.861. The van der Waals surface area contributed by atoms with Crippen LogP contribution in [0.3, 0.4) is 0 Å². The molecule has 1 N–H and O–H groups in total. The summed E-state index contributed by atoms with van der Waals surface area (Å²) in [6.07, 6.45) is -0.384. The first kappa shape index (κ1) is 15.9. The summed E-state index contributed by atoms with van der Waals surface area (Å²) in [7, 11) is 0. The number of rotatable bonds is 4. The van der Waals surface area contributed by atoms with E-state index in [2.05, 4.69) is 5.32 Å². The number of hydrogen-bond donors (Lipinski definition) is 1. The maximum absolute atomic E-state index is 12.6. The molecule has 0 bridgehead atoms. The lowest BCUT2D eigenvalue weighted by molar-refractivity contribution is -0.137. The van der Waals surface area contributed by atoms with Crippen molar-refractivity contribution in [3.8, 4) is 0 Å². The van der Waals surface area contributed by atoms with Crippen molar-refractivity contribution in [1.29, 1.82) is 0 Å². The standard InChI is InChI=1S/C16H14F3NO2/c1-11(14-6-3-9-22-14)20-15(21)8-7-12-4-2-5-13(10-12)16(17,18)19/h2-11H,1H3,(H,20,21)/b8-7+/t11-/m0/s1. The molecule has 0 fully saturated rings. The number of carbonyl (C=O) groups is 1. The molecule has 116 valence electrons. The zero-order chi connectivity index (χ0) is 16.2. The van der Waals surface area contributed by atoms with Gasteiger partial charge in [-0.15, -0.1) is 0 Å². The molecule has 0 aliphatic heterocycles. The molecule has 6 heteroatoms. The number of nitrogens with one attached hydrogen (secondary N) is 1. The van der Waals surface area contributed by atoms with Gasteiger partial charge in [-0.1, -0.05) is 12.1 Å². The van der Waals surface area contributed by atoms with Crippen LogP contribution in [0, 0.1) is 0 Å². The van der Waals surface area contributed by atoms with Gasteiger partial charge in [0.15, 0.2) is 0 Å². The Morgan fingerprint density at radius 2 is 2.05 bits per heavy atom. The van der Waals surface area contributed by atoms with E-state index in [1.165, 1.54) is 30.5 Å². The minimum atomic E-state index is -4.40. The highest BCUT2D eigenvalue weighted by atomic mass is 19.4. The summed E-state index contributed by atoms with van der Waals surface area (Å²) in [4.78, 5) is 11.7.